The third-order valence-corrected chi connectivity index (χ3v) is 2.54. The van der Waals surface area contributed by atoms with Gasteiger partial charge >= 0.3 is 11.2 Å². The van der Waals surface area contributed by atoms with Crippen LogP contribution in [0.4, 0.5) is 0 Å². The normalized spacial score (nSPS) is 26.3. The van der Waals surface area contributed by atoms with Crippen molar-refractivity contribution in [2.45, 2.75) is 18.1 Å². The molecule has 0 bridgehead atoms. The average Bonchev–Trinajstić information content (AvgIpc) is 2.17. The highest BCUT2D eigenvalue weighted by Crippen LogP contribution is 2.34. The zero-order valence-electron chi connectivity index (χ0n) is 8.10. The van der Waals surface area contributed by atoms with E-state index in [1.165, 1.54) is 6.08 Å². The minimum Gasteiger partial charge on any atom is -0.263 e. The number of allylic oxidation sites excluding steroid dienone is 2. The van der Waals surface area contributed by atoms with E-state index in [-0.39, 0.29) is 0 Å². The van der Waals surface area contributed by atoms with Gasteiger partial charge in [-0.2, -0.15) is 0 Å². The Morgan fingerprint density at radius 2 is 1.31 bits per heavy atom. The minimum absolute atomic E-state index is 0.621. The first-order chi connectivity index (χ1) is 7.29. The average molecular weight is 229 g/mol. The Morgan fingerprint density at radius 1 is 0.875 bits per heavy atom. The van der Waals surface area contributed by atoms with Crippen LogP contribution >= 0.6 is 0 Å². The van der Waals surface area contributed by atoms with Crippen molar-refractivity contribution in [1.82, 2.24) is 0 Å². The standard InChI is InChI=1S/C7H7N3O6/c1-6(8(11)12)4-2-3-5-7(6,9(13)14)10(15)16/h2-5H,1H3. The Balaban J connectivity index is 3.53. The molecule has 0 aromatic rings. The van der Waals surface area contributed by atoms with Crippen LogP contribution in [-0.4, -0.2) is 26.0 Å². The topological polar surface area (TPSA) is 129 Å². The molecule has 0 aromatic carbocycles. The van der Waals surface area contributed by atoms with Gasteiger partial charge in [0.05, 0.1) is 6.08 Å². The summed E-state index contributed by atoms with van der Waals surface area (Å²) in [5.74, 6) is 0. The lowest BCUT2D eigenvalue weighted by Crippen LogP contribution is -2.64. The van der Waals surface area contributed by atoms with Gasteiger partial charge in [0, 0.05) is 17.9 Å². The van der Waals surface area contributed by atoms with E-state index in [0.29, 0.717) is 6.08 Å². The maximum atomic E-state index is 10.8. The van der Waals surface area contributed by atoms with Crippen LogP contribution in [0.1, 0.15) is 6.92 Å². The predicted octanol–water partition coefficient (Wildman–Crippen LogP) is 0.397. The summed E-state index contributed by atoms with van der Waals surface area (Å²) in [6.45, 7) is 0.846. The lowest BCUT2D eigenvalue weighted by molar-refractivity contribution is -0.830. The van der Waals surface area contributed by atoms with Crippen LogP contribution in [-0.2, 0) is 0 Å². The first-order valence-electron chi connectivity index (χ1n) is 4.09. The zero-order valence-corrected chi connectivity index (χ0v) is 8.10. The van der Waals surface area contributed by atoms with E-state index < -0.39 is 26.0 Å². The maximum absolute atomic E-state index is 10.8. The summed E-state index contributed by atoms with van der Waals surface area (Å²) in [5, 5.41) is 32.4. The highest BCUT2D eigenvalue weighted by molar-refractivity contribution is 5.25. The van der Waals surface area contributed by atoms with Gasteiger partial charge in [0.2, 0.25) is 0 Å². The van der Waals surface area contributed by atoms with Gasteiger partial charge in [-0.05, 0) is 0 Å². The molecule has 16 heavy (non-hydrogen) atoms. The van der Waals surface area contributed by atoms with Gasteiger partial charge in [-0.3, -0.25) is 30.3 Å². The van der Waals surface area contributed by atoms with E-state index in [0.717, 1.165) is 19.1 Å². The quantitative estimate of drug-likeness (QED) is 0.391. The van der Waals surface area contributed by atoms with E-state index in [4.69, 9.17) is 0 Å². The number of nitro groups is 3. The summed E-state index contributed by atoms with van der Waals surface area (Å²) in [6, 6.07) is 0. The summed E-state index contributed by atoms with van der Waals surface area (Å²) in [4.78, 5) is 28.9. The smallest absolute Gasteiger partial charge is 0.263 e. The molecule has 0 aromatic heterocycles. The largest absolute Gasteiger partial charge is 0.548 e. The van der Waals surface area contributed by atoms with Crippen molar-refractivity contribution >= 4 is 0 Å². The van der Waals surface area contributed by atoms with E-state index in [1.807, 2.05) is 0 Å². The first-order valence-corrected chi connectivity index (χ1v) is 4.09. The molecule has 1 rings (SSSR count). The lowest BCUT2D eigenvalue weighted by atomic mass is 9.83. The molecule has 1 aliphatic carbocycles. The fourth-order valence-corrected chi connectivity index (χ4v) is 1.48. The van der Waals surface area contributed by atoms with Gasteiger partial charge in [-0.15, -0.1) is 0 Å². The summed E-state index contributed by atoms with van der Waals surface area (Å²) in [7, 11) is 0. The van der Waals surface area contributed by atoms with Crippen LogP contribution in [0.3, 0.4) is 0 Å². The lowest BCUT2D eigenvalue weighted by Gasteiger charge is -2.24. The Hall–Kier alpha value is -2.32. The second-order valence-corrected chi connectivity index (χ2v) is 3.36. The third-order valence-electron chi connectivity index (χ3n) is 2.54. The predicted molar refractivity (Wildman–Crippen MR) is 50.4 cm³/mol. The monoisotopic (exact) mass is 229 g/mol. The molecule has 9 nitrogen and oxygen atoms in total. The molecule has 0 aliphatic heterocycles. The molecular formula is C7H7N3O6. The Kier molecular flexibility index (Phi) is 2.47. The van der Waals surface area contributed by atoms with Crippen molar-refractivity contribution in [2.24, 2.45) is 0 Å². The molecular weight excluding hydrogens is 222 g/mol. The SMILES string of the molecule is CC1([N+](=O)[O-])C=CC=CC1([N+](=O)[O-])[N+](=O)[O-]. The Bertz CT molecular complexity index is 414. The van der Waals surface area contributed by atoms with Crippen molar-refractivity contribution in [3.63, 3.8) is 0 Å². The second-order valence-electron chi connectivity index (χ2n) is 3.36. The molecule has 0 radical (unpaired) electrons. The second kappa shape index (κ2) is 3.36. The molecule has 1 aliphatic rings. The number of hydrogen-bond acceptors (Lipinski definition) is 6. The van der Waals surface area contributed by atoms with Gasteiger partial charge in [0.1, 0.15) is 9.85 Å². The van der Waals surface area contributed by atoms with E-state index in [1.54, 1.807) is 0 Å². The van der Waals surface area contributed by atoms with Gasteiger partial charge in [-0.25, -0.2) is 0 Å². The zero-order chi connectivity index (χ0) is 12.6. The maximum Gasteiger partial charge on any atom is 0.548 e. The van der Waals surface area contributed by atoms with Gasteiger partial charge < -0.3 is 0 Å². The molecule has 0 amide bonds. The van der Waals surface area contributed by atoms with Crippen LogP contribution in [0.15, 0.2) is 24.3 Å². The van der Waals surface area contributed by atoms with Crippen LogP contribution in [0.5, 0.6) is 0 Å². The molecule has 0 heterocycles. The molecule has 1 atom stereocenters. The first kappa shape index (κ1) is 11.8. The Labute approximate surface area is 88.5 Å². The number of rotatable bonds is 3. The fraction of sp³-hybridized carbons (Fsp3) is 0.429. The minimum atomic E-state index is -2.97. The molecule has 0 spiro atoms. The highest BCUT2D eigenvalue weighted by Gasteiger charge is 2.76. The van der Waals surface area contributed by atoms with E-state index in [9.17, 15) is 30.3 Å². The molecule has 9 heteroatoms. The van der Waals surface area contributed by atoms with Crippen LogP contribution in [0, 0.1) is 30.3 Å². The van der Waals surface area contributed by atoms with Crippen LogP contribution in [0.25, 0.3) is 0 Å². The molecule has 0 saturated heterocycles. The summed E-state index contributed by atoms with van der Waals surface area (Å²) >= 11 is 0. The third kappa shape index (κ3) is 1.17. The highest BCUT2D eigenvalue weighted by atomic mass is 16.7. The fourth-order valence-electron chi connectivity index (χ4n) is 1.48. The molecule has 86 valence electrons. The molecule has 0 fully saturated rings. The Morgan fingerprint density at radius 3 is 1.62 bits per heavy atom. The summed E-state index contributed by atoms with van der Waals surface area (Å²) < 4.78 is 0. The molecule has 0 N–H and O–H groups in total. The summed E-state index contributed by atoms with van der Waals surface area (Å²) in [5.41, 5.74) is -5.38. The molecule has 1 unspecified atom stereocenters. The van der Waals surface area contributed by atoms with Crippen molar-refractivity contribution < 1.29 is 14.8 Å². The van der Waals surface area contributed by atoms with Crippen molar-refractivity contribution in [1.29, 1.82) is 0 Å². The van der Waals surface area contributed by atoms with Gasteiger partial charge in [-0.1, -0.05) is 12.2 Å². The number of hydrogen-bond donors (Lipinski definition) is 0. The van der Waals surface area contributed by atoms with Crippen molar-refractivity contribution in [3.8, 4) is 0 Å². The van der Waals surface area contributed by atoms with Crippen LogP contribution in [0.2, 0.25) is 0 Å². The van der Waals surface area contributed by atoms with Crippen molar-refractivity contribution in [3.05, 3.63) is 54.6 Å². The van der Waals surface area contributed by atoms with Crippen molar-refractivity contribution in [2.75, 3.05) is 0 Å². The summed E-state index contributed by atoms with van der Waals surface area (Å²) in [6.07, 6.45) is 3.69. The number of nitrogens with zero attached hydrogens (tertiary/aromatic N) is 3. The van der Waals surface area contributed by atoms with Gasteiger partial charge in [0.15, 0.2) is 0 Å². The van der Waals surface area contributed by atoms with E-state index >= 15 is 0 Å². The van der Waals surface area contributed by atoms with E-state index in [2.05, 4.69) is 0 Å². The van der Waals surface area contributed by atoms with Gasteiger partial charge in [0.25, 0.3) is 0 Å². The molecule has 0 saturated carbocycles. The van der Waals surface area contributed by atoms with Crippen LogP contribution < -0.4 is 0 Å².